The normalized spacial score (nSPS) is 19.3. The van der Waals surface area contributed by atoms with Gasteiger partial charge in [0.15, 0.2) is 0 Å². The molecule has 0 aliphatic carbocycles. The van der Waals surface area contributed by atoms with E-state index in [1.165, 1.54) is 0 Å². The topological polar surface area (TPSA) is 32.3 Å². The van der Waals surface area contributed by atoms with Crippen LogP contribution in [-0.2, 0) is 4.79 Å². The third kappa shape index (κ3) is 2.69. The van der Waals surface area contributed by atoms with Crippen molar-refractivity contribution in [3.8, 4) is 0 Å². The van der Waals surface area contributed by atoms with Crippen molar-refractivity contribution in [1.29, 1.82) is 0 Å². The van der Waals surface area contributed by atoms with Crippen molar-refractivity contribution in [3.05, 3.63) is 0 Å². The van der Waals surface area contributed by atoms with Crippen LogP contribution in [0.2, 0.25) is 0 Å². The second-order valence-electron chi connectivity index (χ2n) is 4.03. The Bertz CT molecular complexity index is 178. The minimum absolute atomic E-state index is 0.292. The van der Waals surface area contributed by atoms with Crippen LogP contribution in [0, 0.1) is 5.92 Å². The molecule has 1 saturated heterocycles. The monoisotopic (exact) mass is 184 g/mol. The second-order valence-corrected chi connectivity index (χ2v) is 4.03. The lowest BCUT2D eigenvalue weighted by Gasteiger charge is -2.36. The summed E-state index contributed by atoms with van der Waals surface area (Å²) in [5.41, 5.74) is 0. The molecule has 3 nitrogen and oxygen atoms in total. The van der Waals surface area contributed by atoms with Crippen molar-refractivity contribution in [2.45, 2.75) is 32.7 Å². The number of carbonyl (C=O) groups excluding carboxylic acids is 1. The number of carbonyl (C=O) groups is 1. The van der Waals surface area contributed by atoms with Gasteiger partial charge in [0.2, 0.25) is 5.91 Å². The molecule has 76 valence electrons. The van der Waals surface area contributed by atoms with Gasteiger partial charge < -0.3 is 10.2 Å². The maximum Gasteiger partial charge on any atom is 0.222 e. The average Bonchev–Trinajstić information content (AvgIpc) is 2.00. The van der Waals surface area contributed by atoms with E-state index in [-0.39, 0.29) is 0 Å². The first-order valence-corrected chi connectivity index (χ1v) is 5.11. The van der Waals surface area contributed by atoms with E-state index in [1.54, 1.807) is 0 Å². The van der Waals surface area contributed by atoms with Gasteiger partial charge >= 0.3 is 0 Å². The van der Waals surface area contributed by atoms with Crippen molar-refractivity contribution in [1.82, 2.24) is 10.2 Å². The van der Waals surface area contributed by atoms with Gasteiger partial charge in [-0.15, -0.1) is 0 Å². The van der Waals surface area contributed by atoms with Crippen molar-refractivity contribution >= 4 is 5.91 Å². The molecular formula is C10H20N2O. The summed E-state index contributed by atoms with van der Waals surface area (Å²) < 4.78 is 0. The van der Waals surface area contributed by atoms with Crippen LogP contribution in [0.5, 0.6) is 0 Å². The fourth-order valence-electron chi connectivity index (χ4n) is 1.34. The summed E-state index contributed by atoms with van der Waals surface area (Å²) in [6.45, 7) is 6.18. The molecule has 0 aromatic carbocycles. The summed E-state index contributed by atoms with van der Waals surface area (Å²) in [4.78, 5) is 13.5. The molecule has 0 spiro atoms. The van der Waals surface area contributed by atoms with Crippen LogP contribution in [0.15, 0.2) is 0 Å². The zero-order valence-electron chi connectivity index (χ0n) is 8.84. The molecule has 1 atom stereocenters. The lowest BCUT2D eigenvalue weighted by Crippen LogP contribution is -2.57. The van der Waals surface area contributed by atoms with Crippen molar-refractivity contribution in [3.63, 3.8) is 0 Å². The molecule has 1 amide bonds. The number of nitrogens with one attached hydrogen (secondary N) is 1. The molecule has 1 N–H and O–H groups in total. The van der Waals surface area contributed by atoms with Crippen LogP contribution < -0.4 is 5.32 Å². The molecule has 3 heteroatoms. The Hall–Kier alpha value is -0.570. The summed E-state index contributed by atoms with van der Waals surface area (Å²) >= 11 is 0. The second kappa shape index (κ2) is 4.61. The smallest absolute Gasteiger partial charge is 0.222 e. The molecule has 0 aromatic rings. The minimum atomic E-state index is 0.292. The van der Waals surface area contributed by atoms with E-state index in [0.717, 1.165) is 19.5 Å². The van der Waals surface area contributed by atoms with E-state index in [2.05, 4.69) is 19.2 Å². The third-order valence-corrected chi connectivity index (χ3v) is 2.92. The summed E-state index contributed by atoms with van der Waals surface area (Å²) in [6, 6.07) is 0.441. The Morgan fingerprint density at radius 3 is 2.62 bits per heavy atom. The Labute approximate surface area is 80.5 Å². The van der Waals surface area contributed by atoms with Gasteiger partial charge in [-0.05, 0) is 5.92 Å². The zero-order valence-corrected chi connectivity index (χ0v) is 8.84. The standard InChI is InChI=1S/C10H20N2O/c1-4-8(2)5-10(13)12(3)9-6-11-7-9/h8-9,11H,4-7H2,1-3H3. The summed E-state index contributed by atoms with van der Waals surface area (Å²) in [7, 11) is 1.91. The van der Waals surface area contributed by atoms with Crippen LogP contribution >= 0.6 is 0 Å². The highest BCUT2D eigenvalue weighted by atomic mass is 16.2. The summed E-state index contributed by atoms with van der Waals surface area (Å²) in [5, 5.41) is 3.17. The van der Waals surface area contributed by atoms with Crippen LogP contribution in [0.25, 0.3) is 0 Å². The van der Waals surface area contributed by atoms with Crippen LogP contribution in [-0.4, -0.2) is 37.0 Å². The van der Waals surface area contributed by atoms with E-state index in [9.17, 15) is 4.79 Å². The largest absolute Gasteiger partial charge is 0.340 e. The van der Waals surface area contributed by atoms with E-state index in [0.29, 0.717) is 24.3 Å². The predicted molar refractivity (Wildman–Crippen MR) is 53.5 cm³/mol. The summed E-state index contributed by atoms with van der Waals surface area (Å²) in [6.07, 6.45) is 1.78. The maximum atomic E-state index is 11.6. The molecule has 0 bridgehead atoms. The first-order valence-electron chi connectivity index (χ1n) is 5.11. The number of hydrogen-bond donors (Lipinski definition) is 1. The molecule has 1 aliphatic rings. The van der Waals surface area contributed by atoms with Crippen LogP contribution in [0.1, 0.15) is 26.7 Å². The van der Waals surface area contributed by atoms with E-state index < -0.39 is 0 Å². The molecule has 1 rings (SSSR count). The fraction of sp³-hybridized carbons (Fsp3) is 0.900. The Kier molecular flexibility index (Phi) is 3.72. The molecule has 1 fully saturated rings. The van der Waals surface area contributed by atoms with Gasteiger partial charge in [-0.1, -0.05) is 20.3 Å². The zero-order chi connectivity index (χ0) is 9.84. The first kappa shape index (κ1) is 10.5. The lowest BCUT2D eigenvalue weighted by atomic mass is 10.0. The van der Waals surface area contributed by atoms with Gasteiger partial charge in [0.1, 0.15) is 0 Å². The van der Waals surface area contributed by atoms with Gasteiger partial charge in [-0.2, -0.15) is 0 Å². The number of rotatable bonds is 4. The van der Waals surface area contributed by atoms with Crippen LogP contribution in [0.4, 0.5) is 0 Å². The number of likely N-dealkylation sites (N-methyl/N-ethyl adjacent to an activating group) is 1. The molecule has 1 heterocycles. The van der Waals surface area contributed by atoms with Crippen molar-refractivity contribution in [2.75, 3.05) is 20.1 Å². The highest BCUT2D eigenvalue weighted by molar-refractivity contribution is 5.76. The van der Waals surface area contributed by atoms with Gasteiger partial charge in [-0.25, -0.2) is 0 Å². The Balaban J connectivity index is 2.28. The van der Waals surface area contributed by atoms with Gasteiger partial charge in [-0.3, -0.25) is 4.79 Å². The molecule has 1 aliphatic heterocycles. The molecular weight excluding hydrogens is 164 g/mol. The number of hydrogen-bond acceptors (Lipinski definition) is 2. The third-order valence-electron chi connectivity index (χ3n) is 2.92. The molecule has 1 unspecified atom stereocenters. The molecule has 0 radical (unpaired) electrons. The lowest BCUT2D eigenvalue weighted by molar-refractivity contribution is -0.133. The summed E-state index contributed by atoms with van der Waals surface area (Å²) in [5.74, 6) is 0.809. The molecule has 13 heavy (non-hydrogen) atoms. The maximum absolute atomic E-state index is 11.6. The highest BCUT2D eigenvalue weighted by Crippen LogP contribution is 2.11. The predicted octanol–water partition coefficient (Wildman–Crippen LogP) is 0.853. The number of amides is 1. The van der Waals surface area contributed by atoms with Crippen molar-refractivity contribution < 1.29 is 4.79 Å². The van der Waals surface area contributed by atoms with Crippen molar-refractivity contribution in [2.24, 2.45) is 5.92 Å². The average molecular weight is 184 g/mol. The Morgan fingerprint density at radius 2 is 2.23 bits per heavy atom. The van der Waals surface area contributed by atoms with Crippen LogP contribution in [0.3, 0.4) is 0 Å². The minimum Gasteiger partial charge on any atom is -0.340 e. The van der Waals surface area contributed by atoms with E-state index in [1.807, 2.05) is 11.9 Å². The molecule has 0 saturated carbocycles. The fourth-order valence-corrected chi connectivity index (χ4v) is 1.34. The Morgan fingerprint density at radius 1 is 1.62 bits per heavy atom. The van der Waals surface area contributed by atoms with Gasteiger partial charge in [0.25, 0.3) is 0 Å². The molecule has 0 aromatic heterocycles. The number of nitrogens with zero attached hydrogens (tertiary/aromatic N) is 1. The quantitative estimate of drug-likeness (QED) is 0.702. The van der Waals surface area contributed by atoms with E-state index in [4.69, 9.17) is 0 Å². The van der Waals surface area contributed by atoms with Gasteiger partial charge in [0, 0.05) is 26.6 Å². The highest BCUT2D eigenvalue weighted by Gasteiger charge is 2.25. The first-order chi connectivity index (χ1) is 6.15. The van der Waals surface area contributed by atoms with Gasteiger partial charge in [0.05, 0.1) is 6.04 Å². The SMILES string of the molecule is CCC(C)CC(=O)N(C)C1CNC1. The van der Waals surface area contributed by atoms with E-state index >= 15 is 0 Å².